The Morgan fingerprint density at radius 2 is 2.13 bits per heavy atom. The zero-order valence-electron chi connectivity index (χ0n) is 9.37. The third kappa shape index (κ3) is 1.49. The highest BCUT2D eigenvalue weighted by molar-refractivity contribution is 5.86. The first kappa shape index (κ1) is 10.1. The van der Waals surface area contributed by atoms with E-state index in [1.165, 1.54) is 10.9 Å². The maximum Gasteiger partial charge on any atom is 0.123 e. The second kappa shape index (κ2) is 3.59. The van der Waals surface area contributed by atoms with Gasteiger partial charge in [-0.15, -0.1) is 0 Å². The molecule has 0 aliphatic rings. The number of aromatic nitrogens is 1. The van der Waals surface area contributed by atoms with Gasteiger partial charge in [0.15, 0.2) is 0 Å². The van der Waals surface area contributed by atoms with Gasteiger partial charge in [-0.3, -0.25) is 0 Å². The van der Waals surface area contributed by atoms with Crippen LogP contribution in [-0.4, -0.2) is 11.7 Å². The lowest BCUT2D eigenvalue weighted by Crippen LogP contribution is -1.94. The van der Waals surface area contributed by atoms with Gasteiger partial charge in [0, 0.05) is 31.2 Å². The molecular weight excluding hydrogens is 188 g/mol. The van der Waals surface area contributed by atoms with E-state index in [1.807, 2.05) is 14.0 Å². The molecule has 1 aromatic carbocycles. The van der Waals surface area contributed by atoms with E-state index in [9.17, 15) is 0 Å². The van der Waals surface area contributed by atoms with Crippen molar-refractivity contribution in [3.8, 4) is 5.75 Å². The van der Waals surface area contributed by atoms with Crippen molar-refractivity contribution in [1.29, 1.82) is 0 Å². The van der Waals surface area contributed by atoms with Crippen LogP contribution in [0.25, 0.3) is 10.9 Å². The van der Waals surface area contributed by atoms with E-state index >= 15 is 0 Å². The zero-order valence-corrected chi connectivity index (χ0v) is 9.37. The Morgan fingerprint density at radius 1 is 1.40 bits per heavy atom. The highest BCUT2D eigenvalue weighted by atomic mass is 16.5. The minimum Gasteiger partial charge on any atom is -0.496 e. The number of benzene rings is 1. The van der Waals surface area contributed by atoms with Crippen molar-refractivity contribution in [2.24, 2.45) is 12.8 Å². The van der Waals surface area contributed by atoms with E-state index in [1.54, 1.807) is 7.11 Å². The van der Waals surface area contributed by atoms with E-state index < -0.39 is 0 Å². The number of methoxy groups -OCH3 is 1. The van der Waals surface area contributed by atoms with E-state index in [0.717, 1.165) is 16.8 Å². The van der Waals surface area contributed by atoms with Gasteiger partial charge in [-0.1, -0.05) is 0 Å². The molecule has 0 saturated heterocycles. The fraction of sp³-hybridized carbons (Fsp3) is 0.333. The highest BCUT2D eigenvalue weighted by Crippen LogP contribution is 2.28. The minimum absolute atomic E-state index is 0.573. The molecule has 2 N–H and O–H groups in total. The molecule has 80 valence electrons. The standard InChI is InChI=1S/C12H16N2O/c1-8-4-10-9(6-13)7-14(2)11(10)5-12(8)15-3/h4-5,7H,6,13H2,1-3H3. The van der Waals surface area contributed by atoms with Crippen molar-refractivity contribution in [2.75, 3.05) is 7.11 Å². The summed E-state index contributed by atoms with van der Waals surface area (Å²) in [6.07, 6.45) is 2.07. The summed E-state index contributed by atoms with van der Waals surface area (Å²) in [5.41, 5.74) is 9.19. The molecule has 3 heteroatoms. The van der Waals surface area contributed by atoms with Crippen molar-refractivity contribution in [3.05, 3.63) is 29.5 Å². The molecule has 3 nitrogen and oxygen atoms in total. The second-order valence-electron chi connectivity index (χ2n) is 3.81. The van der Waals surface area contributed by atoms with Gasteiger partial charge >= 0.3 is 0 Å². The van der Waals surface area contributed by atoms with Crippen molar-refractivity contribution in [1.82, 2.24) is 4.57 Å². The molecule has 0 amide bonds. The Bertz CT molecular complexity index is 500. The Balaban J connectivity index is 2.77. The SMILES string of the molecule is COc1cc2c(cc1C)c(CN)cn2C. The Kier molecular flexibility index (Phi) is 2.40. The average molecular weight is 204 g/mol. The molecule has 15 heavy (non-hydrogen) atoms. The quantitative estimate of drug-likeness (QED) is 0.812. The fourth-order valence-corrected chi connectivity index (χ4v) is 1.98. The van der Waals surface area contributed by atoms with Gasteiger partial charge in [0.25, 0.3) is 0 Å². The largest absolute Gasteiger partial charge is 0.496 e. The molecule has 0 aliphatic carbocycles. The summed E-state index contributed by atoms with van der Waals surface area (Å²) in [7, 11) is 3.72. The number of fused-ring (bicyclic) bond motifs is 1. The van der Waals surface area contributed by atoms with Gasteiger partial charge in [0.1, 0.15) is 5.75 Å². The topological polar surface area (TPSA) is 40.2 Å². The predicted octanol–water partition coefficient (Wildman–Crippen LogP) is 1.95. The molecule has 0 spiro atoms. The molecule has 1 aromatic heterocycles. The van der Waals surface area contributed by atoms with E-state index in [4.69, 9.17) is 10.5 Å². The molecule has 0 fully saturated rings. The van der Waals surface area contributed by atoms with Gasteiger partial charge in [-0.2, -0.15) is 0 Å². The van der Waals surface area contributed by atoms with Crippen LogP contribution in [0, 0.1) is 6.92 Å². The van der Waals surface area contributed by atoms with Crippen LogP contribution < -0.4 is 10.5 Å². The first-order chi connectivity index (χ1) is 7.17. The van der Waals surface area contributed by atoms with Gasteiger partial charge < -0.3 is 15.0 Å². The van der Waals surface area contributed by atoms with Gasteiger partial charge in [-0.05, 0) is 24.1 Å². The van der Waals surface area contributed by atoms with Crippen molar-refractivity contribution in [3.63, 3.8) is 0 Å². The lowest BCUT2D eigenvalue weighted by Gasteiger charge is -2.06. The number of hydrogen-bond donors (Lipinski definition) is 1. The van der Waals surface area contributed by atoms with Gasteiger partial charge in [0.2, 0.25) is 0 Å². The van der Waals surface area contributed by atoms with Crippen LogP contribution in [0.2, 0.25) is 0 Å². The Hall–Kier alpha value is -1.48. The Morgan fingerprint density at radius 3 is 2.73 bits per heavy atom. The molecule has 1 heterocycles. The molecule has 2 aromatic rings. The summed E-state index contributed by atoms with van der Waals surface area (Å²) in [6, 6.07) is 4.19. The number of rotatable bonds is 2. The fourth-order valence-electron chi connectivity index (χ4n) is 1.98. The van der Waals surface area contributed by atoms with E-state index in [0.29, 0.717) is 6.54 Å². The smallest absolute Gasteiger partial charge is 0.123 e. The van der Waals surface area contributed by atoms with Crippen LogP contribution in [0.1, 0.15) is 11.1 Å². The van der Waals surface area contributed by atoms with Crippen LogP contribution in [0.15, 0.2) is 18.3 Å². The predicted molar refractivity (Wildman–Crippen MR) is 62.1 cm³/mol. The van der Waals surface area contributed by atoms with Crippen LogP contribution >= 0.6 is 0 Å². The monoisotopic (exact) mass is 204 g/mol. The lowest BCUT2D eigenvalue weighted by atomic mass is 10.1. The van der Waals surface area contributed by atoms with Crippen LogP contribution in [-0.2, 0) is 13.6 Å². The van der Waals surface area contributed by atoms with Crippen LogP contribution in [0.3, 0.4) is 0 Å². The number of nitrogens with zero attached hydrogens (tertiary/aromatic N) is 1. The minimum atomic E-state index is 0.573. The third-order valence-corrected chi connectivity index (χ3v) is 2.81. The highest BCUT2D eigenvalue weighted by Gasteiger charge is 2.08. The number of aryl methyl sites for hydroxylation is 2. The maximum atomic E-state index is 5.71. The second-order valence-corrected chi connectivity index (χ2v) is 3.81. The maximum absolute atomic E-state index is 5.71. The van der Waals surface area contributed by atoms with E-state index in [2.05, 4.69) is 22.9 Å². The molecule has 0 aliphatic heterocycles. The summed E-state index contributed by atoms with van der Waals surface area (Å²) in [6.45, 7) is 2.62. The van der Waals surface area contributed by atoms with Crippen LogP contribution in [0.4, 0.5) is 0 Å². The summed E-state index contributed by atoms with van der Waals surface area (Å²) in [5.74, 6) is 0.923. The first-order valence-electron chi connectivity index (χ1n) is 5.00. The summed E-state index contributed by atoms with van der Waals surface area (Å²) >= 11 is 0. The normalized spacial score (nSPS) is 10.9. The molecular formula is C12H16N2O. The summed E-state index contributed by atoms with van der Waals surface area (Å²) < 4.78 is 7.39. The number of ether oxygens (including phenoxy) is 1. The number of nitrogens with two attached hydrogens (primary N) is 1. The molecule has 0 radical (unpaired) electrons. The van der Waals surface area contributed by atoms with Gasteiger partial charge in [0.05, 0.1) is 12.6 Å². The lowest BCUT2D eigenvalue weighted by molar-refractivity contribution is 0.412. The number of hydrogen-bond acceptors (Lipinski definition) is 2. The first-order valence-corrected chi connectivity index (χ1v) is 5.00. The van der Waals surface area contributed by atoms with Gasteiger partial charge in [-0.25, -0.2) is 0 Å². The zero-order chi connectivity index (χ0) is 11.0. The van der Waals surface area contributed by atoms with Crippen molar-refractivity contribution < 1.29 is 4.74 Å². The molecule has 2 rings (SSSR count). The molecule has 0 saturated carbocycles. The van der Waals surface area contributed by atoms with Crippen molar-refractivity contribution >= 4 is 10.9 Å². The summed E-state index contributed by atoms with van der Waals surface area (Å²) in [4.78, 5) is 0. The van der Waals surface area contributed by atoms with Crippen LogP contribution in [0.5, 0.6) is 5.75 Å². The van der Waals surface area contributed by atoms with E-state index in [-0.39, 0.29) is 0 Å². The molecule has 0 bridgehead atoms. The van der Waals surface area contributed by atoms with Crippen molar-refractivity contribution in [2.45, 2.75) is 13.5 Å². The summed E-state index contributed by atoms with van der Waals surface area (Å²) in [5, 5.41) is 1.22. The third-order valence-electron chi connectivity index (χ3n) is 2.81. The average Bonchev–Trinajstić information content (AvgIpc) is 2.54. The molecule has 0 unspecified atom stereocenters. The molecule has 0 atom stereocenters. The Labute approximate surface area is 89.4 Å².